The highest BCUT2D eigenvalue weighted by Gasteiger charge is 1.79. The molecule has 0 N–H and O–H groups in total. The van der Waals surface area contributed by atoms with Crippen molar-refractivity contribution in [2.24, 2.45) is 0 Å². The number of rotatable bonds is 3. The van der Waals surface area contributed by atoms with Crippen LogP contribution in [0.3, 0.4) is 0 Å². The molecule has 0 aliphatic heterocycles. The van der Waals surface area contributed by atoms with Crippen LogP contribution >= 0.6 is 0 Å². The quantitative estimate of drug-likeness (QED) is 0.519. The minimum absolute atomic E-state index is 1.21. The molecule has 0 saturated carbocycles. The van der Waals surface area contributed by atoms with Crippen LogP contribution in [0.4, 0.5) is 0 Å². The molecular formula is C10H22. The monoisotopic (exact) mass is 142 g/mol. The van der Waals surface area contributed by atoms with Gasteiger partial charge in [-0.25, -0.2) is 0 Å². The molecule has 0 aromatic rings. The van der Waals surface area contributed by atoms with Crippen LogP contribution < -0.4 is 0 Å². The Bertz CT molecular complexity index is 70.1. The van der Waals surface area contributed by atoms with Gasteiger partial charge in [-0.3, -0.25) is 0 Å². The third kappa shape index (κ3) is 10.7. The molecule has 0 bridgehead atoms. The molecule has 10 heavy (non-hydrogen) atoms. The molecule has 0 saturated heterocycles. The van der Waals surface area contributed by atoms with Gasteiger partial charge in [0.2, 0.25) is 0 Å². The molecule has 0 nitrogen and oxygen atoms in total. The first-order valence-corrected chi connectivity index (χ1v) is 4.46. The van der Waals surface area contributed by atoms with E-state index in [9.17, 15) is 0 Å². The fraction of sp³-hybridized carbons (Fsp3) is 0.800. The zero-order chi connectivity index (χ0) is 8.41. The molecular weight excluding hydrogens is 120 g/mol. The average Bonchev–Trinajstić information content (AvgIpc) is 2.04. The van der Waals surface area contributed by atoms with Crippen molar-refractivity contribution in [3.8, 4) is 0 Å². The summed E-state index contributed by atoms with van der Waals surface area (Å²) in [5.74, 6) is 0. The van der Waals surface area contributed by atoms with E-state index in [1.807, 2.05) is 13.8 Å². The fourth-order valence-electron chi connectivity index (χ4n) is 0.535. The Labute approximate surface area is 66.3 Å². The highest BCUT2D eigenvalue weighted by Crippen LogP contribution is 2.00. The summed E-state index contributed by atoms with van der Waals surface area (Å²) in [5, 5.41) is 0. The van der Waals surface area contributed by atoms with Crippen LogP contribution in [0.25, 0.3) is 0 Å². The topological polar surface area (TPSA) is 0 Å². The summed E-state index contributed by atoms with van der Waals surface area (Å²) >= 11 is 0. The second-order valence-electron chi connectivity index (χ2n) is 2.19. The Morgan fingerprint density at radius 2 is 1.70 bits per heavy atom. The summed E-state index contributed by atoms with van der Waals surface area (Å²) in [6.45, 7) is 10.6. The first-order chi connectivity index (χ1) is 4.81. The summed E-state index contributed by atoms with van der Waals surface area (Å²) < 4.78 is 0. The zero-order valence-corrected chi connectivity index (χ0v) is 8.20. The first-order valence-electron chi connectivity index (χ1n) is 4.46. The van der Waals surface area contributed by atoms with E-state index in [2.05, 4.69) is 26.8 Å². The van der Waals surface area contributed by atoms with Crippen LogP contribution in [0.1, 0.15) is 53.9 Å². The first kappa shape index (κ1) is 12.4. The second kappa shape index (κ2) is 11.5. The second-order valence-corrected chi connectivity index (χ2v) is 2.19. The molecule has 0 spiro atoms. The molecule has 0 amide bonds. The molecule has 0 heteroatoms. The Kier molecular flexibility index (Phi) is 14.3. The van der Waals surface area contributed by atoms with Gasteiger partial charge in [0.1, 0.15) is 0 Å². The lowest BCUT2D eigenvalue weighted by atomic mass is 10.2. The van der Waals surface area contributed by atoms with Gasteiger partial charge in [-0.15, -0.1) is 0 Å². The van der Waals surface area contributed by atoms with Gasteiger partial charge in [0.15, 0.2) is 0 Å². The van der Waals surface area contributed by atoms with Crippen molar-refractivity contribution in [1.29, 1.82) is 0 Å². The molecule has 0 unspecified atom stereocenters. The van der Waals surface area contributed by atoms with E-state index in [1.165, 1.54) is 24.8 Å². The van der Waals surface area contributed by atoms with Crippen LogP contribution in [-0.4, -0.2) is 0 Å². The number of hydrogen-bond donors (Lipinski definition) is 0. The molecule has 0 radical (unpaired) electrons. The smallest absolute Gasteiger partial charge is 0.0351 e. The van der Waals surface area contributed by atoms with Crippen molar-refractivity contribution in [3.05, 3.63) is 11.6 Å². The third-order valence-electron chi connectivity index (χ3n) is 1.34. The Morgan fingerprint density at radius 1 is 1.20 bits per heavy atom. The van der Waals surface area contributed by atoms with E-state index < -0.39 is 0 Å². The molecule has 0 aliphatic rings. The maximum absolute atomic E-state index is 2.32. The lowest BCUT2D eigenvalue weighted by Gasteiger charge is -1.91. The summed E-state index contributed by atoms with van der Waals surface area (Å²) in [6, 6.07) is 0. The summed E-state index contributed by atoms with van der Waals surface area (Å²) in [7, 11) is 0. The van der Waals surface area contributed by atoms with E-state index in [4.69, 9.17) is 0 Å². The van der Waals surface area contributed by atoms with Crippen molar-refractivity contribution < 1.29 is 0 Å². The molecule has 0 aliphatic carbocycles. The van der Waals surface area contributed by atoms with Gasteiger partial charge >= 0.3 is 0 Å². The van der Waals surface area contributed by atoms with E-state index >= 15 is 0 Å². The van der Waals surface area contributed by atoms with E-state index in [0.717, 1.165) is 0 Å². The van der Waals surface area contributed by atoms with Gasteiger partial charge in [0.25, 0.3) is 0 Å². The average molecular weight is 142 g/mol. The molecule has 62 valence electrons. The van der Waals surface area contributed by atoms with Gasteiger partial charge in [0.05, 0.1) is 0 Å². The molecule has 0 atom stereocenters. The van der Waals surface area contributed by atoms with Gasteiger partial charge in [-0.05, 0) is 19.8 Å². The summed E-state index contributed by atoms with van der Waals surface area (Å²) in [5.41, 5.74) is 1.52. The normalized spacial score (nSPS) is 10.3. The minimum Gasteiger partial charge on any atom is -0.0856 e. The fourth-order valence-corrected chi connectivity index (χ4v) is 0.535. The minimum atomic E-state index is 1.21. The molecule has 0 aromatic heterocycles. The molecule has 0 heterocycles. The van der Waals surface area contributed by atoms with E-state index in [0.29, 0.717) is 0 Å². The van der Waals surface area contributed by atoms with Crippen molar-refractivity contribution >= 4 is 0 Å². The van der Waals surface area contributed by atoms with Crippen LogP contribution in [0, 0.1) is 0 Å². The number of allylic oxidation sites excluding steroid dienone is 2. The highest BCUT2D eigenvalue weighted by atomic mass is 13.9. The molecule has 0 rings (SSSR count). The maximum atomic E-state index is 2.32. The van der Waals surface area contributed by atoms with Crippen molar-refractivity contribution in [3.63, 3.8) is 0 Å². The molecule has 0 aromatic carbocycles. The van der Waals surface area contributed by atoms with Crippen LogP contribution in [-0.2, 0) is 0 Å². The Morgan fingerprint density at radius 3 is 2.00 bits per heavy atom. The van der Waals surface area contributed by atoms with Crippen molar-refractivity contribution in [2.45, 2.75) is 53.9 Å². The van der Waals surface area contributed by atoms with Gasteiger partial charge in [-0.1, -0.05) is 45.8 Å². The highest BCUT2D eigenvalue weighted by molar-refractivity contribution is 4.95. The van der Waals surface area contributed by atoms with Crippen LogP contribution in [0.15, 0.2) is 11.6 Å². The summed E-state index contributed by atoms with van der Waals surface area (Å²) in [6.07, 6.45) is 6.05. The summed E-state index contributed by atoms with van der Waals surface area (Å²) in [4.78, 5) is 0. The van der Waals surface area contributed by atoms with Crippen LogP contribution in [0.2, 0.25) is 0 Å². The number of unbranched alkanes of at least 4 members (excludes halogenated alkanes) is 1. The largest absolute Gasteiger partial charge is 0.0856 e. The van der Waals surface area contributed by atoms with E-state index in [1.54, 1.807) is 0 Å². The Balaban J connectivity index is 0. The Hall–Kier alpha value is -0.260. The zero-order valence-electron chi connectivity index (χ0n) is 8.20. The van der Waals surface area contributed by atoms with Gasteiger partial charge in [-0.2, -0.15) is 0 Å². The third-order valence-corrected chi connectivity index (χ3v) is 1.34. The van der Waals surface area contributed by atoms with Gasteiger partial charge < -0.3 is 0 Å². The lowest BCUT2D eigenvalue weighted by Crippen LogP contribution is -1.70. The lowest BCUT2D eigenvalue weighted by molar-refractivity contribution is 0.934. The van der Waals surface area contributed by atoms with Crippen LogP contribution in [0.5, 0.6) is 0 Å². The predicted molar refractivity (Wildman–Crippen MR) is 50.3 cm³/mol. The van der Waals surface area contributed by atoms with Gasteiger partial charge in [0, 0.05) is 0 Å². The predicted octanol–water partition coefficient (Wildman–Crippen LogP) is 4.17. The number of hydrogen-bond acceptors (Lipinski definition) is 0. The SMILES string of the molecule is CC.CCC/C=C(/C)CC. The standard InChI is InChI=1S/C8H16.C2H6/c1-4-6-7-8(3)5-2;1-2/h7H,4-6H2,1-3H3;1-2H3/b8-7-;. The maximum Gasteiger partial charge on any atom is -0.0351 e. The molecule has 0 fully saturated rings. The van der Waals surface area contributed by atoms with Crippen molar-refractivity contribution in [2.75, 3.05) is 0 Å². The van der Waals surface area contributed by atoms with Crippen molar-refractivity contribution in [1.82, 2.24) is 0 Å². The van der Waals surface area contributed by atoms with E-state index in [-0.39, 0.29) is 0 Å².